The third-order valence-electron chi connectivity index (χ3n) is 2.91. The molecule has 1 N–H and O–H groups in total. The minimum absolute atomic E-state index is 0.364. The molecule has 2 rings (SSSR count). The molecule has 0 aliphatic carbocycles. The van der Waals surface area contributed by atoms with Crippen molar-refractivity contribution in [1.82, 2.24) is 9.97 Å². The molecule has 6 heteroatoms. The molecular weight excluding hydrogens is 274 g/mol. The van der Waals surface area contributed by atoms with Gasteiger partial charge in [-0.2, -0.15) is 0 Å². The zero-order chi connectivity index (χ0) is 15.2. The quantitative estimate of drug-likeness (QED) is 0.887. The average molecular weight is 292 g/mol. The Hall–Kier alpha value is -2.24. The van der Waals surface area contributed by atoms with Gasteiger partial charge in [0.15, 0.2) is 5.82 Å². The van der Waals surface area contributed by atoms with Crippen LogP contribution in [0.2, 0.25) is 0 Å². The molecular formula is C15H18F2N4. The van der Waals surface area contributed by atoms with E-state index in [1.807, 2.05) is 37.3 Å². The number of nitrogens with one attached hydrogen (secondary N) is 1. The predicted molar refractivity (Wildman–Crippen MR) is 80.9 cm³/mol. The highest BCUT2D eigenvalue weighted by Gasteiger charge is 2.13. The van der Waals surface area contributed by atoms with Gasteiger partial charge in [0.25, 0.3) is 6.43 Å². The molecule has 0 fully saturated rings. The fourth-order valence-corrected chi connectivity index (χ4v) is 1.92. The molecule has 0 aliphatic heterocycles. The molecule has 1 aromatic carbocycles. The van der Waals surface area contributed by atoms with Crippen molar-refractivity contribution in [3.63, 3.8) is 0 Å². The number of nitrogens with zero attached hydrogens (tertiary/aromatic N) is 3. The number of alkyl halides is 2. The summed E-state index contributed by atoms with van der Waals surface area (Å²) in [6.07, 6.45) is -2.41. The van der Waals surface area contributed by atoms with Crippen molar-refractivity contribution in [1.29, 1.82) is 0 Å². The Bertz CT molecular complexity index is 575. The van der Waals surface area contributed by atoms with Gasteiger partial charge >= 0.3 is 0 Å². The first kappa shape index (κ1) is 15.2. The minimum Gasteiger partial charge on any atom is -0.370 e. The largest absolute Gasteiger partial charge is 0.370 e. The number of halogens is 2. The zero-order valence-corrected chi connectivity index (χ0v) is 12.1. The van der Waals surface area contributed by atoms with Gasteiger partial charge in [0.05, 0.1) is 6.54 Å². The molecule has 4 nitrogen and oxygen atoms in total. The van der Waals surface area contributed by atoms with Crippen LogP contribution < -0.4 is 10.2 Å². The smallest absolute Gasteiger partial charge is 0.255 e. The molecule has 0 aliphatic rings. The van der Waals surface area contributed by atoms with Gasteiger partial charge < -0.3 is 10.2 Å². The number of aromatic nitrogens is 2. The van der Waals surface area contributed by atoms with E-state index in [0.717, 1.165) is 5.56 Å². The standard InChI is InChI=1S/C15H18F2N4/c1-3-18-13-9-14(21(2)10-12(16)17)20-15(19-13)11-7-5-4-6-8-11/h4-9,12H,3,10H2,1-2H3,(H,18,19,20). The van der Waals surface area contributed by atoms with Gasteiger partial charge in [0.1, 0.15) is 11.6 Å². The van der Waals surface area contributed by atoms with Crippen LogP contribution in [-0.2, 0) is 0 Å². The van der Waals surface area contributed by atoms with Gasteiger partial charge in [-0.05, 0) is 6.92 Å². The van der Waals surface area contributed by atoms with Gasteiger partial charge in [-0.3, -0.25) is 0 Å². The third kappa shape index (κ3) is 4.11. The maximum Gasteiger partial charge on any atom is 0.255 e. The fourth-order valence-electron chi connectivity index (χ4n) is 1.92. The molecule has 0 spiro atoms. The second-order valence-electron chi connectivity index (χ2n) is 4.60. The van der Waals surface area contributed by atoms with Crippen LogP contribution in [0.4, 0.5) is 20.4 Å². The number of rotatable bonds is 6. The lowest BCUT2D eigenvalue weighted by molar-refractivity contribution is 0.156. The van der Waals surface area contributed by atoms with Crippen molar-refractivity contribution in [3.05, 3.63) is 36.4 Å². The molecule has 0 amide bonds. The molecule has 0 atom stereocenters. The van der Waals surface area contributed by atoms with Crippen LogP contribution in [0.3, 0.4) is 0 Å². The van der Waals surface area contributed by atoms with Crippen LogP contribution in [0.1, 0.15) is 6.92 Å². The lowest BCUT2D eigenvalue weighted by atomic mass is 10.2. The van der Waals surface area contributed by atoms with Crippen LogP contribution in [-0.4, -0.2) is 36.5 Å². The van der Waals surface area contributed by atoms with E-state index in [1.165, 1.54) is 4.90 Å². The number of hydrogen-bond acceptors (Lipinski definition) is 4. The minimum atomic E-state index is -2.41. The normalized spacial score (nSPS) is 10.7. The maximum absolute atomic E-state index is 12.5. The Kier molecular flexibility index (Phi) is 5.03. The second-order valence-corrected chi connectivity index (χ2v) is 4.60. The van der Waals surface area contributed by atoms with E-state index < -0.39 is 6.43 Å². The monoisotopic (exact) mass is 292 g/mol. The summed E-state index contributed by atoms with van der Waals surface area (Å²) < 4.78 is 25.1. The van der Waals surface area contributed by atoms with Crippen LogP contribution in [0, 0.1) is 0 Å². The van der Waals surface area contributed by atoms with E-state index in [4.69, 9.17) is 0 Å². The molecule has 2 aromatic rings. The first-order valence-electron chi connectivity index (χ1n) is 6.77. The van der Waals surface area contributed by atoms with Gasteiger partial charge in [-0.15, -0.1) is 0 Å². The Labute approximate surface area is 122 Å². The van der Waals surface area contributed by atoms with Crippen LogP contribution >= 0.6 is 0 Å². The van der Waals surface area contributed by atoms with Crippen molar-refractivity contribution in [2.24, 2.45) is 0 Å². The Morgan fingerprint density at radius 3 is 2.52 bits per heavy atom. The number of hydrogen-bond donors (Lipinski definition) is 1. The molecule has 0 saturated carbocycles. The number of anilines is 2. The highest BCUT2D eigenvalue weighted by molar-refractivity contribution is 5.61. The highest BCUT2D eigenvalue weighted by Crippen LogP contribution is 2.22. The second kappa shape index (κ2) is 6.97. The highest BCUT2D eigenvalue weighted by atomic mass is 19.3. The zero-order valence-electron chi connectivity index (χ0n) is 12.1. The maximum atomic E-state index is 12.5. The number of benzene rings is 1. The van der Waals surface area contributed by atoms with Gasteiger partial charge in [-0.25, -0.2) is 18.7 Å². The molecule has 0 radical (unpaired) electrons. The fraction of sp³-hybridized carbons (Fsp3) is 0.333. The topological polar surface area (TPSA) is 41.0 Å². The molecule has 112 valence electrons. The molecule has 1 heterocycles. The summed E-state index contributed by atoms with van der Waals surface area (Å²) in [7, 11) is 1.60. The third-order valence-corrected chi connectivity index (χ3v) is 2.91. The molecule has 21 heavy (non-hydrogen) atoms. The van der Waals surface area contributed by atoms with Crippen LogP contribution in [0.15, 0.2) is 36.4 Å². The van der Waals surface area contributed by atoms with Crippen LogP contribution in [0.5, 0.6) is 0 Å². The Morgan fingerprint density at radius 2 is 1.90 bits per heavy atom. The van der Waals surface area contributed by atoms with Gasteiger partial charge in [0.2, 0.25) is 0 Å². The van der Waals surface area contributed by atoms with Crippen LogP contribution in [0.25, 0.3) is 11.4 Å². The van der Waals surface area contributed by atoms with E-state index in [9.17, 15) is 8.78 Å². The SMILES string of the molecule is CCNc1cc(N(C)CC(F)F)nc(-c2ccccc2)n1. The Balaban J connectivity index is 2.39. The van der Waals surface area contributed by atoms with E-state index in [1.54, 1.807) is 13.1 Å². The first-order chi connectivity index (χ1) is 10.1. The van der Waals surface area contributed by atoms with E-state index in [-0.39, 0.29) is 6.54 Å². The summed E-state index contributed by atoms with van der Waals surface area (Å²) in [5.74, 6) is 1.62. The van der Waals surface area contributed by atoms with E-state index in [0.29, 0.717) is 24.0 Å². The summed E-state index contributed by atoms with van der Waals surface area (Å²) in [5.41, 5.74) is 0.851. The predicted octanol–water partition coefficient (Wildman–Crippen LogP) is 3.28. The summed E-state index contributed by atoms with van der Waals surface area (Å²) in [5, 5.41) is 3.10. The van der Waals surface area contributed by atoms with Gasteiger partial charge in [0, 0.05) is 25.2 Å². The Morgan fingerprint density at radius 1 is 1.19 bits per heavy atom. The van der Waals surface area contributed by atoms with Crippen molar-refractivity contribution in [3.8, 4) is 11.4 Å². The molecule has 1 aromatic heterocycles. The van der Waals surface area contributed by atoms with Crippen molar-refractivity contribution < 1.29 is 8.78 Å². The summed E-state index contributed by atoms with van der Waals surface area (Å²) >= 11 is 0. The molecule has 0 bridgehead atoms. The van der Waals surface area contributed by atoms with Gasteiger partial charge in [-0.1, -0.05) is 30.3 Å². The average Bonchev–Trinajstić information content (AvgIpc) is 2.47. The molecule has 0 unspecified atom stereocenters. The summed E-state index contributed by atoms with van der Waals surface area (Å²) in [6, 6.07) is 11.1. The first-order valence-corrected chi connectivity index (χ1v) is 6.77. The summed E-state index contributed by atoms with van der Waals surface area (Å²) in [4.78, 5) is 10.2. The van der Waals surface area contributed by atoms with Crippen molar-refractivity contribution >= 4 is 11.6 Å². The van der Waals surface area contributed by atoms with E-state index >= 15 is 0 Å². The lowest BCUT2D eigenvalue weighted by Crippen LogP contribution is -2.25. The van der Waals surface area contributed by atoms with Crippen molar-refractivity contribution in [2.75, 3.05) is 30.4 Å². The van der Waals surface area contributed by atoms with Crippen molar-refractivity contribution in [2.45, 2.75) is 13.3 Å². The van der Waals surface area contributed by atoms with E-state index in [2.05, 4.69) is 15.3 Å². The lowest BCUT2D eigenvalue weighted by Gasteiger charge is -2.19. The molecule has 0 saturated heterocycles. The summed E-state index contributed by atoms with van der Waals surface area (Å²) in [6.45, 7) is 2.28.